The standard InChI is InChI=1S/C18H29N3O3.2C2HF3O2/c1-14-8-17(19-24-14)12-21-11-16-10-20(4-7-23-18(16)13-21)9-15-2-5-22-6-3-15;2*3-2(4,5)1(6)7/h8,15-16,18H,2-7,9-13H2,1H3;2*(H,6,7)/t16-,18+;;/m0../s1. The van der Waals surface area contributed by atoms with Crippen LogP contribution in [0.15, 0.2) is 10.6 Å². The molecule has 4 rings (SSSR count). The van der Waals surface area contributed by atoms with Crippen LogP contribution in [0.5, 0.6) is 0 Å². The molecule has 3 aliphatic heterocycles. The number of ether oxygens (including phenoxy) is 2. The maximum Gasteiger partial charge on any atom is 0.490 e. The van der Waals surface area contributed by atoms with Crippen molar-refractivity contribution in [3.05, 3.63) is 17.5 Å². The number of carboxylic acids is 2. The Balaban J connectivity index is 0.000000301. The Morgan fingerprint density at radius 3 is 2.03 bits per heavy atom. The first-order valence-corrected chi connectivity index (χ1v) is 11.8. The largest absolute Gasteiger partial charge is 0.490 e. The molecule has 1 aromatic rings. The second-order valence-electron chi connectivity index (χ2n) is 9.21. The van der Waals surface area contributed by atoms with Crippen molar-refractivity contribution in [3.8, 4) is 0 Å². The fraction of sp³-hybridized carbons (Fsp3) is 0.773. The molecule has 38 heavy (non-hydrogen) atoms. The van der Waals surface area contributed by atoms with E-state index in [2.05, 4.69) is 15.0 Å². The average Bonchev–Trinajstić information content (AvgIpc) is 3.34. The Labute approximate surface area is 214 Å². The summed E-state index contributed by atoms with van der Waals surface area (Å²) >= 11 is 0. The van der Waals surface area contributed by atoms with E-state index < -0.39 is 24.3 Å². The minimum atomic E-state index is -5.08. The van der Waals surface area contributed by atoms with Gasteiger partial charge in [-0.15, -0.1) is 0 Å². The highest BCUT2D eigenvalue weighted by molar-refractivity contribution is 5.73. The third-order valence-corrected chi connectivity index (χ3v) is 6.09. The van der Waals surface area contributed by atoms with Crippen LogP contribution in [0.2, 0.25) is 0 Å². The highest BCUT2D eigenvalue weighted by Gasteiger charge is 2.39. The van der Waals surface area contributed by atoms with E-state index in [0.717, 1.165) is 69.9 Å². The molecule has 16 heteroatoms. The molecule has 0 aliphatic carbocycles. The number of likely N-dealkylation sites (tertiary alicyclic amines) is 1. The number of aromatic nitrogens is 1. The van der Waals surface area contributed by atoms with Crippen molar-refractivity contribution in [3.63, 3.8) is 0 Å². The summed E-state index contributed by atoms with van der Waals surface area (Å²) in [6, 6.07) is 2.03. The monoisotopic (exact) mass is 563 g/mol. The lowest BCUT2D eigenvalue weighted by molar-refractivity contribution is -0.193. The Morgan fingerprint density at radius 1 is 0.974 bits per heavy atom. The Morgan fingerprint density at radius 2 is 1.53 bits per heavy atom. The highest BCUT2D eigenvalue weighted by Crippen LogP contribution is 2.26. The number of nitrogens with zero attached hydrogens (tertiary/aromatic N) is 3. The quantitative estimate of drug-likeness (QED) is 0.529. The number of hydrogen-bond donors (Lipinski definition) is 2. The summed E-state index contributed by atoms with van der Waals surface area (Å²) in [4.78, 5) is 22.9. The molecule has 2 N–H and O–H groups in total. The molecule has 0 bridgehead atoms. The van der Waals surface area contributed by atoms with Gasteiger partial charge < -0.3 is 29.1 Å². The number of aliphatic carboxylic acids is 2. The van der Waals surface area contributed by atoms with E-state index in [9.17, 15) is 26.3 Å². The predicted octanol–water partition coefficient (Wildman–Crippen LogP) is 2.81. The van der Waals surface area contributed by atoms with Crippen LogP contribution < -0.4 is 0 Å². The van der Waals surface area contributed by atoms with E-state index in [4.69, 9.17) is 33.8 Å². The number of carboxylic acid groups (broad SMARTS) is 2. The predicted molar refractivity (Wildman–Crippen MR) is 117 cm³/mol. The minimum Gasteiger partial charge on any atom is -0.475 e. The lowest BCUT2D eigenvalue weighted by Gasteiger charge is -2.30. The molecule has 0 aromatic carbocycles. The lowest BCUT2D eigenvalue weighted by atomic mass is 9.98. The van der Waals surface area contributed by atoms with Crippen LogP contribution in [-0.2, 0) is 25.6 Å². The van der Waals surface area contributed by atoms with Crippen LogP contribution in [0.3, 0.4) is 0 Å². The number of alkyl halides is 6. The molecule has 0 unspecified atom stereocenters. The minimum absolute atomic E-state index is 0.373. The molecule has 4 heterocycles. The maximum atomic E-state index is 10.6. The lowest BCUT2D eigenvalue weighted by Crippen LogP contribution is -2.37. The van der Waals surface area contributed by atoms with E-state index in [1.54, 1.807) is 0 Å². The molecule has 0 saturated carbocycles. The van der Waals surface area contributed by atoms with Gasteiger partial charge in [-0.2, -0.15) is 26.3 Å². The van der Waals surface area contributed by atoms with Crippen molar-refractivity contribution in [2.75, 3.05) is 52.5 Å². The zero-order chi connectivity index (χ0) is 28.5. The maximum absolute atomic E-state index is 10.6. The molecule has 3 aliphatic rings. The van der Waals surface area contributed by atoms with Gasteiger partial charge in [0, 0.05) is 64.5 Å². The first-order valence-electron chi connectivity index (χ1n) is 11.8. The molecule has 3 saturated heterocycles. The summed E-state index contributed by atoms with van der Waals surface area (Å²) in [6.07, 6.45) is -7.37. The molecular formula is C22H31F6N3O7. The highest BCUT2D eigenvalue weighted by atomic mass is 19.4. The molecule has 0 spiro atoms. The van der Waals surface area contributed by atoms with Gasteiger partial charge in [0.1, 0.15) is 5.76 Å². The third-order valence-electron chi connectivity index (χ3n) is 6.09. The molecule has 2 atom stereocenters. The van der Waals surface area contributed by atoms with E-state index in [0.29, 0.717) is 12.0 Å². The molecule has 3 fully saturated rings. The summed E-state index contributed by atoms with van der Waals surface area (Å²) < 4.78 is 80.3. The van der Waals surface area contributed by atoms with Gasteiger partial charge >= 0.3 is 24.3 Å². The van der Waals surface area contributed by atoms with Crippen molar-refractivity contribution in [2.24, 2.45) is 11.8 Å². The van der Waals surface area contributed by atoms with Gasteiger partial charge in [-0.25, -0.2) is 9.59 Å². The second kappa shape index (κ2) is 14.1. The van der Waals surface area contributed by atoms with Crippen LogP contribution in [0.1, 0.15) is 24.3 Å². The number of fused-ring (bicyclic) bond motifs is 1. The Bertz CT molecular complexity index is 866. The molecular weight excluding hydrogens is 532 g/mol. The van der Waals surface area contributed by atoms with Gasteiger partial charge in [-0.3, -0.25) is 4.90 Å². The Kier molecular flexibility index (Phi) is 11.8. The number of aryl methyl sites for hydroxylation is 1. The van der Waals surface area contributed by atoms with Gasteiger partial charge in [0.15, 0.2) is 0 Å². The van der Waals surface area contributed by atoms with Crippen LogP contribution >= 0.6 is 0 Å². The van der Waals surface area contributed by atoms with Crippen molar-refractivity contribution in [2.45, 2.75) is 44.8 Å². The average molecular weight is 563 g/mol. The fourth-order valence-electron chi connectivity index (χ4n) is 4.36. The molecule has 0 radical (unpaired) electrons. The van der Waals surface area contributed by atoms with Gasteiger partial charge in [0.05, 0.1) is 18.4 Å². The summed E-state index contributed by atoms with van der Waals surface area (Å²) in [5.41, 5.74) is 1.03. The SMILES string of the molecule is Cc1cc(CN2C[C@@H]3CN(CC4CCOCC4)CCO[C@@H]3C2)no1.O=C(O)C(F)(F)F.O=C(O)C(F)(F)F. The van der Waals surface area contributed by atoms with E-state index in [-0.39, 0.29) is 0 Å². The molecule has 10 nitrogen and oxygen atoms in total. The van der Waals surface area contributed by atoms with Crippen molar-refractivity contribution in [1.82, 2.24) is 15.0 Å². The van der Waals surface area contributed by atoms with Gasteiger partial charge in [-0.1, -0.05) is 5.16 Å². The zero-order valence-corrected chi connectivity index (χ0v) is 20.6. The van der Waals surface area contributed by atoms with Gasteiger partial charge in [-0.05, 0) is 25.7 Å². The third kappa shape index (κ3) is 11.1. The van der Waals surface area contributed by atoms with Crippen LogP contribution in [0, 0.1) is 18.8 Å². The first-order chi connectivity index (χ1) is 17.6. The topological polar surface area (TPSA) is 126 Å². The van der Waals surface area contributed by atoms with Crippen molar-refractivity contribution in [1.29, 1.82) is 0 Å². The number of hydrogen-bond acceptors (Lipinski definition) is 8. The summed E-state index contributed by atoms with van der Waals surface area (Å²) in [5, 5.41) is 18.4. The van der Waals surface area contributed by atoms with Crippen molar-refractivity contribution < 1.29 is 60.1 Å². The zero-order valence-electron chi connectivity index (χ0n) is 20.6. The smallest absolute Gasteiger partial charge is 0.475 e. The normalized spacial score (nSPS) is 23.3. The van der Waals surface area contributed by atoms with Crippen LogP contribution in [0.25, 0.3) is 0 Å². The molecule has 1 aromatic heterocycles. The van der Waals surface area contributed by atoms with E-state index in [1.807, 2.05) is 13.0 Å². The summed E-state index contributed by atoms with van der Waals surface area (Å²) in [6.45, 7) is 11.1. The van der Waals surface area contributed by atoms with Crippen molar-refractivity contribution >= 4 is 11.9 Å². The molecule has 218 valence electrons. The summed E-state index contributed by atoms with van der Waals surface area (Å²) in [5.74, 6) is -3.22. The number of rotatable bonds is 4. The van der Waals surface area contributed by atoms with Crippen LogP contribution in [-0.4, -0.2) is 108 Å². The number of halogens is 6. The number of carbonyl (C=O) groups is 2. The van der Waals surface area contributed by atoms with Gasteiger partial charge in [0.25, 0.3) is 0 Å². The van der Waals surface area contributed by atoms with Gasteiger partial charge in [0.2, 0.25) is 0 Å². The second-order valence-corrected chi connectivity index (χ2v) is 9.21. The first kappa shape index (κ1) is 31.8. The summed E-state index contributed by atoms with van der Waals surface area (Å²) in [7, 11) is 0. The van der Waals surface area contributed by atoms with Crippen LogP contribution in [0.4, 0.5) is 26.3 Å². The fourth-order valence-corrected chi connectivity index (χ4v) is 4.36. The molecule has 0 amide bonds. The Hall–Kier alpha value is -2.43. The van der Waals surface area contributed by atoms with E-state index in [1.165, 1.54) is 19.4 Å². The van der Waals surface area contributed by atoms with E-state index >= 15 is 0 Å².